The largest absolute Gasteiger partial charge is 0.366 e. The highest BCUT2D eigenvalue weighted by atomic mass is 16.5. The van der Waals surface area contributed by atoms with Crippen molar-refractivity contribution in [1.29, 1.82) is 0 Å². The van der Waals surface area contributed by atoms with E-state index >= 15 is 0 Å². The van der Waals surface area contributed by atoms with Gasteiger partial charge in [0.15, 0.2) is 5.82 Å². The second-order valence-electron chi connectivity index (χ2n) is 6.22. The third-order valence-corrected chi connectivity index (χ3v) is 4.53. The molecule has 1 fully saturated rings. The van der Waals surface area contributed by atoms with Crippen molar-refractivity contribution in [3.8, 4) is 0 Å². The fourth-order valence-electron chi connectivity index (χ4n) is 3.17. The molecule has 1 aliphatic heterocycles. The molecular weight excluding hydrogens is 318 g/mol. The Kier molecular flexibility index (Phi) is 3.93. The summed E-state index contributed by atoms with van der Waals surface area (Å²) in [6, 6.07) is 9.75. The molecule has 0 N–H and O–H groups in total. The van der Waals surface area contributed by atoms with Crippen LogP contribution < -0.4 is 0 Å². The number of benzene rings is 1. The van der Waals surface area contributed by atoms with E-state index in [9.17, 15) is 4.79 Å². The Morgan fingerprint density at radius 2 is 2.16 bits per heavy atom. The first kappa shape index (κ1) is 15.7. The van der Waals surface area contributed by atoms with Gasteiger partial charge in [-0.3, -0.25) is 9.78 Å². The van der Waals surface area contributed by atoms with Crippen LogP contribution in [0.4, 0.5) is 0 Å². The van der Waals surface area contributed by atoms with Gasteiger partial charge in [0.1, 0.15) is 12.4 Å². The van der Waals surface area contributed by atoms with E-state index in [2.05, 4.69) is 15.2 Å². The third kappa shape index (κ3) is 2.87. The lowest BCUT2D eigenvalue weighted by Crippen LogP contribution is -2.43. The smallest absolute Gasteiger partial charge is 0.255 e. The predicted octanol–water partition coefficient (Wildman–Crippen LogP) is 1.89. The number of amides is 1. The number of para-hydroxylation sites is 1. The lowest BCUT2D eigenvalue weighted by Gasteiger charge is -2.32. The van der Waals surface area contributed by atoms with Crippen LogP contribution >= 0.6 is 0 Å². The number of carbonyl (C=O) groups is 1. The average Bonchev–Trinajstić information content (AvgIpc) is 3.06. The normalized spacial score (nSPS) is 17.8. The number of fused-ring (bicyclic) bond motifs is 1. The topological polar surface area (TPSA) is 73.1 Å². The van der Waals surface area contributed by atoms with Gasteiger partial charge in [0.2, 0.25) is 0 Å². The molecule has 7 nitrogen and oxygen atoms in total. The molecular formula is C18H19N5O2. The number of morpholine rings is 1. The predicted molar refractivity (Wildman–Crippen MR) is 92.1 cm³/mol. The summed E-state index contributed by atoms with van der Waals surface area (Å²) in [5.41, 5.74) is 2.28. The Morgan fingerprint density at radius 1 is 1.32 bits per heavy atom. The zero-order chi connectivity index (χ0) is 17.4. The van der Waals surface area contributed by atoms with Gasteiger partial charge in [-0.05, 0) is 19.1 Å². The molecule has 1 aliphatic rings. The Hall–Kier alpha value is -2.80. The van der Waals surface area contributed by atoms with Crippen molar-refractivity contribution in [2.45, 2.75) is 13.0 Å². The van der Waals surface area contributed by atoms with E-state index in [1.165, 1.54) is 0 Å². The average molecular weight is 337 g/mol. The molecule has 1 amide bonds. The molecule has 3 heterocycles. The molecule has 128 valence electrons. The number of ether oxygens (including phenoxy) is 1. The van der Waals surface area contributed by atoms with E-state index in [4.69, 9.17) is 4.74 Å². The first-order chi connectivity index (χ1) is 12.1. The molecule has 0 radical (unpaired) electrons. The van der Waals surface area contributed by atoms with Crippen LogP contribution in [-0.2, 0) is 11.8 Å². The summed E-state index contributed by atoms with van der Waals surface area (Å²) in [6.45, 7) is 3.36. The van der Waals surface area contributed by atoms with E-state index < -0.39 is 0 Å². The van der Waals surface area contributed by atoms with Crippen LogP contribution in [0.5, 0.6) is 0 Å². The molecule has 4 rings (SSSR count). The fourth-order valence-corrected chi connectivity index (χ4v) is 3.17. The molecule has 0 spiro atoms. The quantitative estimate of drug-likeness (QED) is 0.714. The van der Waals surface area contributed by atoms with Crippen molar-refractivity contribution >= 4 is 16.8 Å². The number of carbonyl (C=O) groups excluding carboxylic acids is 1. The molecule has 2 aromatic heterocycles. The highest BCUT2D eigenvalue weighted by Crippen LogP contribution is 2.23. The number of nitrogens with zero attached hydrogens (tertiary/aromatic N) is 5. The number of rotatable bonds is 2. The van der Waals surface area contributed by atoms with E-state index in [0.29, 0.717) is 25.3 Å². The highest BCUT2D eigenvalue weighted by Gasteiger charge is 2.29. The number of aryl methyl sites for hydroxylation is 2. The summed E-state index contributed by atoms with van der Waals surface area (Å²) in [4.78, 5) is 19.4. The van der Waals surface area contributed by atoms with Crippen LogP contribution in [0.25, 0.3) is 10.9 Å². The van der Waals surface area contributed by atoms with Crippen LogP contribution in [0.2, 0.25) is 0 Å². The second kappa shape index (κ2) is 6.25. The maximum absolute atomic E-state index is 13.1. The van der Waals surface area contributed by atoms with Crippen LogP contribution in [0.3, 0.4) is 0 Å². The minimum Gasteiger partial charge on any atom is -0.366 e. The van der Waals surface area contributed by atoms with Gasteiger partial charge in [0.05, 0.1) is 29.9 Å². The van der Waals surface area contributed by atoms with Gasteiger partial charge in [-0.1, -0.05) is 18.2 Å². The Bertz CT molecular complexity index is 936. The van der Waals surface area contributed by atoms with Crippen molar-refractivity contribution in [2.75, 3.05) is 19.7 Å². The zero-order valence-electron chi connectivity index (χ0n) is 14.2. The van der Waals surface area contributed by atoms with E-state index in [-0.39, 0.29) is 12.0 Å². The van der Waals surface area contributed by atoms with Crippen molar-refractivity contribution in [1.82, 2.24) is 24.6 Å². The molecule has 7 heteroatoms. The summed E-state index contributed by atoms with van der Waals surface area (Å²) >= 11 is 0. The molecule has 1 aromatic carbocycles. The molecule has 25 heavy (non-hydrogen) atoms. The van der Waals surface area contributed by atoms with Gasteiger partial charge < -0.3 is 14.2 Å². The third-order valence-electron chi connectivity index (χ3n) is 4.53. The van der Waals surface area contributed by atoms with Gasteiger partial charge in [0.25, 0.3) is 5.91 Å². The number of pyridine rings is 1. The van der Waals surface area contributed by atoms with Crippen LogP contribution in [-0.4, -0.2) is 50.3 Å². The van der Waals surface area contributed by atoms with Gasteiger partial charge >= 0.3 is 0 Å². The fraction of sp³-hybridized carbons (Fsp3) is 0.333. The molecule has 0 unspecified atom stereocenters. The van der Waals surface area contributed by atoms with Crippen molar-refractivity contribution < 1.29 is 9.53 Å². The summed E-state index contributed by atoms with van der Waals surface area (Å²) in [7, 11) is 1.87. The number of hydrogen-bond acceptors (Lipinski definition) is 5. The standard InChI is InChI=1S/C18H19N5O2/c1-12-14(9-13-5-3-4-6-15(13)20-12)18(24)23-7-8-25-16(10-23)17-21-19-11-22(17)2/h3-6,9,11,16H,7-8,10H2,1-2H3/t16-/m1/s1. The minimum absolute atomic E-state index is 0.0220. The first-order valence-electron chi connectivity index (χ1n) is 8.24. The number of aromatic nitrogens is 4. The summed E-state index contributed by atoms with van der Waals surface area (Å²) in [6.07, 6.45) is 1.37. The van der Waals surface area contributed by atoms with Crippen molar-refractivity contribution in [3.05, 3.63) is 53.7 Å². The van der Waals surface area contributed by atoms with Gasteiger partial charge in [-0.25, -0.2) is 0 Å². The van der Waals surface area contributed by atoms with Crippen LogP contribution in [0.15, 0.2) is 36.7 Å². The lowest BCUT2D eigenvalue weighted by atomic mass is 10.1. The zero-order valence-corrected chi connectivity index (χ0v) is 14.2. The molecule has 1 atom stereocenters. The molecule has 0 bridgehead atoms. The maximum atomic E-state index is 13.1. The minimum atomic E-state index is -0.265. The van der Waals surface area contributed by atoms with Gasteiger partial charge in [0, 0.05) is 19.0 Å². The van der Waals surface area contributed by atoms with Crippen molar-refractivity contribution in [3.63, 3.8) is 0 Å². The van der Waals surface area contributed by atoms with Crippen LogP contribution in [0.1, 0.15) is 28.0 Å². The van der Waals surface area contributed by atoms with Crippen molar-refractivity contribution in [2.24, 2.45) is 7.05 Å². The van der Waals surface area contributed by atoms with Crippen LogP contribution in [0, 0.1) is 6.92 Å². The molecule has 0 aliphatic carbocycles. The lowest BCUT2D eigenvalue weighted by molar-refractivity contribution is -0.0281. The molecule has 3 aromatic rings. The highest BCUT2D eigenvalue weighted by molar-refractivity contribution is 5.98. The summed E-state index contributed by atoms with van der Waals surface area (Å²) in [5.74, 6) is 0.706. The van der Waals surface area contributed by atoms with E-state index in [1.54, 1.807) is 6.33 Å². The summed E-state index contributed by atoms with van der Waals surface area (Å²) < 4.78 is 7.61. The Balaban J connectivity index is 1.62. The van der Waals surface area contributed by atoms with Gasteiger partial charge in [-0.2, -0.15) is 0 Å². The Labute approximate surface area is 145 Å². The maximum Gasteiger partial charge on any atom is 0.255 e. The SMILES string of the molecule is Cc1nc2ccccc2cc1C(=O)N1CCO[C@@H](c2nncn2C)C1. The Morgan fingerprint density at radius 3 is 2.96 bits per heavy atom. The van der Waals surface area contributed by atoms with E-state index in [1.807, 2.05) is 53.8 Å². The second-order valence-corrected chi connectivity index (χ2v) is 6.22. The first-order valence-corrected chi connectivity index (χ1v) is 8.24. The molecule has 0 saturated carbocycles. The van der Waals surface area contributed by atoms with E-state index in [0.717, 1.165) is 22.4 Å². The monoisotopic (exact) mass is 337 g/mol. The number of hydrogen-bond donors (Lipinski definition) is 0. The summed E-state index contributed by atoms with van der Waals surface area (Å²) in [5, 5.41) is 8.96. The molecule has 1 saturated heterocycles. The van der Waals surface area contributed by atoms with Gasteiger partial charge in [-0.15, -0.1) is 10.2 Å².